The topological polar surface area (TPSA) is 108 Å². The molecule has 3 rings (SSSR count). The molecule has 8 heteroatoms. The van der Waals surface area contributed by atoms with Gasteiger partial charge in [0.15, 0.2) is 5.69 Å². The molecule has 0 aromatic carbocycles. The van der Waals surface area contributed by atoms with E-state index in [2.05, 4.69) is 20.3 Å². The van der Waals surface area contributed by atoms with Gasteiger partial charge in [-0.2, -0.15) is 0 Å². The zero-order valence-electron chi connectivity index (χ0n) is 10.4. The number of carboxylic acids is 1. The van der Waals surface area contributed by atoms with Crippen molar-refractivity contribution in [2.24, 2.45) is 0 Å². The average molecular weight is 292 g/mol. The Morgan fingerprint density at radius 1 is 1.50 bits per heavy atom. The second kappa shape index (κ2) is 5.04. The van der Waals surface area contributed by atoms with Crippen molar-refractivity contribution in [2.75, 3.05) is 5.32 Å². The Bertz CT molecular complexity index is 705. The van der Waals surface area contributed by atoms with Crippen molar-refractivity contribution in [1.82, 2.24) is 15.0 Å². The summed E-state index contributed by atoms with van der Waals surface area (Å²) in [7, 11) is 0. The average Bonchev–Trinajstić information content (AvgIpc) is 3.14. The number of aromatic amines is 1. The number of hydrogen-bond acceptors (Lipinski definition) is 6. The van der Waals surface area contributed by atoms with Crippen molar-refractivity contribution in [1.29, 1.82) is 0 Å². The Morgan fingerprint density at radius 3 is 2.95 bits per heavy atom. The van der Waals surface area contributed by atoms with Crippen LogP contribution in [-0.2, 0) is 6.54 Å². The lowest BCUT2D eigenvalue weighted by Gasteiger charge is -2.04. The van der Waals surface area contributed by atoms with Gasteiger partial charge in [0.05, 0.1) is 6.54 Å². The SMILES string of the molecule is O=C(O)c1csc(CNc2cc(=O)[nH]c(C3CC3)n2)n1. The van der Waals surface area contributed by atoms with Crippen LogP contribution < -0.4 is 10.9 Å². The maximum Gasteiger partial charge on any atom is 0.355 e. The summed E-state index contributed by atoms with van der Waals surface area (Å²) in [6.45, 7) is 0.346. The van der Waals surface area contributed by atoms with Gasteiger partial charge < -0.3 is 15.4 Å². The number of carbonyl (C=O) groups is 1. The molecule has 3 N–H and O–H groups in total. The third-order valence-electron chi connectivity index (χ3n) is 2.92. The van der Waals surface area contributed by atoms with E-state index in [1.165, 1.54) is 22.8 Å². The lowest BCUT2D eigenvalue weighted by molar-refractivity contribution is 0.0691. The summed E-state index contributed by atoms with van der Waals surface area (Å²) in [6, 6.07) is 1.39. The first-order chi connectivity index (χ1) is 9.61. The molecule has 20 heavy (non-hydrogen) atoms. The summed E-state index contributed by atoms with van der Waals surface area (Å²) in [5.41, 5.74) is -0.154. The highest BCUT2D eigenvalue weighted by Gasteiger charge is 2.26. The smallest absolute Gasteiger partial charge is 0.355 e. The highest BCUT2D eigenvalue weighted by Crippen LogP contribution is 2.37. The Labute approximate surface area is 117 Å². The molecule has 0 unspecified atom stereocenters. The fourth-order valence-electron chi connectivity index (χ4n) is 1.77. The second-order valence-electron chi connectivity index (χ2n) is 4.58. The molecule has 1 aliphatic carbocycles. The minimum Gasteiger partial charge on any atom is -0.476 e. The van der Waals surface area contributed by atoms with E-state index < -0.39 is 5.97 Å². The van der Waals surface area contributed by atoms with Gasteiger partial charge in [-0.15, -0.1) is 11.3 Å². The van der Waals surface area contributed by atoms with Gasteiger partial charge in [0.1, 0.15) is 16.6 Å². The third-order valence-corrected chi connectivity index (χ3v) is 3.76. The van der Waals surface area contributed by atoms with Gasteiger partial charge >= 0.3 is 5.97 Å². The van der Waals surface area contributed by atoms with Crippen LogP contribution in [0.25, 0.3) is 0 Å². The van der Waals surface area contributed by atoms with Crippen molar-refractivity contribution >= 4 is 23.1 Å². The summed E-state index contributed by atoms with van der Waals surface area (Å²) in [5, 5.41) is 13.9. The summed E-state index contributed by atoms with van der Waals surface area (Å²) >= 11 is 1.26. The predicted molar refractivity (Wildman–Crippen MR) is 73.2 cm³/mol. The molecule has 0 spiro atoms. The number of anilines is 1. The minimum atomic E-state index is -1.04. The number of nitrogens with zero attached hydrogens (tertiary/aromatic N) is 2. The molecule has 0 radical (unpaired) electrons. The van der Waals surface area contributed by atoms with Crippen molar-refractivity contribution in [3.8, 4) is 0 Å². The summed E-state index contributed by atoms with van der Waals surface area (Å²) < 4.78 is 0. The number of rotatable bonds is 5. The zero-order valence-corrected chi connectivity index (χ0v) is 11.2. The summed E-state index contributed by atoms with van der Waals surface area (Å²) in [6.07, 6.45) is 2.11. The van der Waals surface area contributed by atoms with Gasteiger partial charge in [-0.1, -0.05) is 0 Å². The molecule has 2 aromatic heterocycles. The van der Waals surface area contributed by atoms with Crippen LogP contribution in [0.4, 0.5) is 5.82 Å². The van der Waals surface area contributed by atoms with Crippen LogP contribution >= 0.6 is 11.3 Å². The van der Waals surface area contributed by atoms with E-state index in [1.807, 2.05) is 0 Å². The summed E-state index contributed by atoms with van der Waals surface area (Å²) in [5.74, 6) is 0.522. The third kappa shape index (κ3) is 2.85. The first kappa shape index (κ1) is 12.8. The molecule has 1 fully saturated rings. The van der Waals surface area contributed by atoms with Crippen LogP contribution in [0.2, 0.25) is 0 Å². The first-order valence-electron chi connectivity index (χ1n) is 6.14. The molecule has 104 valence electrons. The van der Waals surface area contributed by atoms with E-state index in [9.17, 15) is 9.59 Å². The first-order valence-corrected chi connectivity index (χ1v) is 7.02. The number of carboxylic acid groups (broad SMARTS) is 1. The van der Waals surface area contributed by atoms with E-state index in [4.69, 9.17) is 5.11 Å². The normalized spacial score (nSPS) is 14.2. The fraction of sp³-hybridized carbons (Fsp3) is 0.333. The number of aromatic nitrogens is 3. The fourth-order valence-corrected chi connectivity index (χ4v) is 2.48. The Hall–Kier alpha value is -2.22. The van der Waals surface area contributed by atoms with Gasteiger partial charge in [-0.3, -0.25) is 4.79 Å². The van der Waals surface area contributed by atoms with Gasteiger partial charge in [0.2, 0.25) is 0 Å². The monoisotopic (exact) mass is 292 g/mol. The molecule has 0 bridgehead atoms. The van der Waals surface area contributed by atoms with Crippen molar-refractivity contribution in [2.45, 2.75) is 25.3 Å². The molecule has 0 atom stereocenters. The van der Waals surface area contributed by atoms with Crippen LogP contribution in [0.5, 0.6) is 0 Å². The number of nitrogens with one attached hydrogen (secondary N) is 2. The lowest BCUT2D eigenvalue weighted by atomic mass is 10.4. The minimum absolute atomic E-state index is 0.0318. The van der Waals surface area contributed by atoms with Crippen molar-refractivity contribution < 1.29 is 9.90 Å². The number of aromatic carboxylic acids is 1. The lowest BCUT2D eigenvalue weighted by Crippen LogP contribution is -2.13. The van der Waals surface area contributed by atoms with Crippen LogP contribution in [-0.4, -0.2) is 26.0 Å². The molecule has 7 nitrogen and oxygen atoms in total. The maximum absolute atomic E-state index is 11.5. The zero-order chi connectivity index (χ0) is 14.1. The van der Waals surface area contributed by atoms with Gasteiger partial charge in [0.25, 0.3) is 5.56 Å². The molecule has 0 amide bonds. The number of H-pyrrole nitrogens is 1. The molecule has 1 aliphatic rings. The van der Waals surface area contributed by atoms with Gasteiger partial charge in [-0.05, 0) is 12.8 Å². The van der Waals surface area contributed by atoms with Crippen molar-refractivity contribution in [3.05, 3.63) is 38.3 Å². The Morgan fingerprint density at radius 2 is 2.30 bits per heavy atom. The number of thiazole rings is 1. The standard InChI is InChI=1S/C12H12N4O3S/c17-9-3-8(15-11(16-9)6-1-2-6)13-4-10-14-7(5-20-10)12(18)19/h3,5-6H,1-2,4H2,(H,18,19)(H2,13,15,16,17). The van der Waals surface area contributed by atoms with E-state index in [1.54, 1.807) is 0 Å². The van der Waals surface area contributed by atoms with E-state index in [0.717, 1.165) is 12.8 Å². The van der Waals surface area contributed by atoms with Crippen LogP contribution in [0.3, 0.4) is 0 Å². The number of hydrogen-bond donors (Lipinski definition) is 3. The van der Waals surface area contributed by atoms with E-state index in [0.29, 0.717) is 29.1 Å². The van der Waals surface area contributed by atoms with E-state index >= 15 is 0 Å². The molecule has 0 saturated heterocycles. The Balaban J connectivity index is 1.71. The maximum atomic E-state index is 11.5. The van der Waals surface area contributed by atoms with E-state index in [-0.39, 0.29) is 11.3 Å². The summed E-state index contributed by atoms with van der Waals surface area (Å²) in [4.78, 5) is 33.3. The highest BCUT2D eigenvalue weighted by molar-refractivity contribution is 7.09. The van der Waals surface area contributed by atoms with Crippen LogP contribution in [0.1, 0.15) is 40.1 Å². The molecular formula is C12H12N4O3S. The predicted octanol–water partition coefficient (Wildman–Crippen LogP) is 1.41. The molecule has 2 heterocycles. The molecule has 2 aromatic rings. The highest BCUT2D eigenvalue weighted by atomic mass is 32.1. The molecule has 1 saturated carbocycles. The van der Waals surface area contributed by atoms with Gasteiger partial charge in [0, 0.05) is 17.4 Å². The molecular weight excluding hydrogens is 280 g/mol. The molecule has 0 aliphatic heterocycles. The van der Waals surface area contributed by atoms with Crippen LogP contribution in [0.15, 0.2) is 16.2 Å². The van der Waals surface area contributed by atoms with Crippen LogP contribution in [0, 0.1) is 0 Å². The van der Waals surface area contributed by atoms with Gasteiger partial charge in [-0.25, -0.2) is 14.8 Å². The quantitative estimate of drug-likeness (QED) is 0.769. The largest absolute Gasteiger partial charge is 0.476 e. The van der Waals surface area contributed by atoms with Crippen molar-refractivity contribution in [3.63, 3.8) is 0 Å². The second-order valence-corrected chi connectivity index (χ2v) is 5.52. The Kier molecular flexibility index (Phi) is 3.23.